The molecule has 1 N–H and O–H groups in total. The predicted octanol–water partition coefficient (Wildman–Crippen LogP) is 3.92. The zero-order chi connectivity index (χ0) is 11.3. The number of benzene rings is 1. The highest BCUT2D eigenvalue weighted by molar-refractivity contribution is 9.10. The van der Waals surface area contributed by atoms with Gasteiger partial charge in [0.05, 0.1) is 0 Å². The molecule has 0 heterocycles. The zero-order valence-corrected chi connectivity index (χ0v) is 11.9. The lowest BCUT2D eigenvalue weighted by Crippen LogP contribution is -2.06. The summed E-state index contributed by atoms with van der Waals surface area (Å²) in [5.74, 6) is 1.91. The summed E-state index contributed by atoms with van der Waals surface area (Å²) in [5.41, 5.74) is 1.38. The van der Waals surface area contributed by atoms with Gasteiger partial charge in [0.1, 0.15) is 0 Å². The van der Waals surface area contributed by atoms with E-state index in [2.05, 4.69) is 53.3 Å². The van der Waals surface area contributed by atoms with Crippen molar-refractivity contribution in [1.82, 2.24) is 5.32 Å². The third-order valence-electron chi connectivity index (χ3n) is 1.97. The molecule has 1 aromatic rings. The summed E-state index contributed by atoms with van der Waals surface area (Å²) in [6, 6.07) is 6.50. The van der Waals surface area contributed by atoms with Crippen LogP contribution in [0.1, 0.15) is 19.4 Å². The molecule has 1 rings (SSSR count). The van der Waals surface area contributed by atoms with Gasteiger partial charge in [-0.1, -0.05) is 35.8 Å². The number of hydrogen-bond donors (Lipinski definition) is 1. The summed E-state index contributed by atoms with van der Waals surface area (Å²) in [6.45, 7) is 5.44. The molecule has 1 nitrogen and oxygen atoms in total. The van der Waals surface area contributed by atoms with E-state index in [1.165, 1.54) is 16.2 Å². The quantitative estimate of drug-likeness (QED) is 0.824. The molecule has 0 atom stereocenters. The Balaban J connectivity index is 2.77. The Hall–Kier alpha value is 0.01000. The van der Waals surface area contributed by atoms with Gasteiger partial charge in [-0.3, -0.25) is 0 Å². The normalized spacial score (nSPS) is 11.0. The first kappa shape index (κ1) is 13.1. The van der Waals surface area contributed by atoms with Crippen molar-refractivity contribution in [1.29, 1.82) is 0 Å². The second kappa shape index (κ2) is 6.56. The van der Waals surface area contributed by atoms with Gasteiger partial charge in [0.2, 0.25) is 0 Å². The average Bonchev–Trinajstić information content (AvgIpc) is 2.18. The van der Waals surface area contributed by atoms with Gasteiger partial charge in [-0.15, -0.1) is 11.8 Å². The maximum absolute atomic E-state index is 3.52. The van der Waals surface area contributed by atoms with Gasteiger partial charge in [0.25, 0.3) is 0 Å². The summed E-state index contributed by atoms with van der Waals surface area (Å²) in [7, 11) is 1.99. The molecule has 1 aromatic carbocycles. The molecule has 0 aliphatic carbocycles. The SMILES string of the molecule is CNCc1ccc(Br)cc1SCC(C)C. The van der Waals surface area contributed by atoms with Crippen LogP contribution < -0.4 is 5.32 Å². The largest absolute Gasteiger partial charge is 0.316 e. The lowest BCUT2D eigenvalue weighted by atomic mass is 10.2. The fourth-order valence-electron chi connectivity index (χ4n) is 1.26. The molecule has 0 saturated carbocycles. The molecule has 0 aromatic heterocycles. The van der Waals surface area contributed by atoms with Gasteiger partial charge in [-0.25, -0.2) is 0 Å². The van der Waals surface area contributed by atoms with Gasteiger partial charge in [-0.2, -0.15) is 0 Å². The van der Waals surface area contributed by atoms with Gasteiger partial charge >= 0.3 is 0 Å². The van der Waals surface area contributed by atoms with Crippen LogP contribution in [0.2, 0.25) is 0 Å². The van der Waals surface area contributed by atoms with Crippen molar-refractivity contribution < 1.29 is 0 Å². The van der Waals surface area contributed by atoms with Gasteiger partial charge < -0.3 is 5.32 Å². The Kier molecular flexibility index (Phi) is 5.72. The van der Waals surface area contributed by atoms with Crippen molar-refractivity contribution >= 4 is 27.7 Å². The Morgan fingerprint density at radius 2 is 2.13 bits per heavy atom. The molecular weight excluding hydrogens is 270 g/mol. The molecule has 0 aliphatic rings. The van der Waals surface area contributed by atoms with Crippen LogP contribution in [0.5, 0.6) is 0 Å². The van der Waals surface area contributed by atoms with Crippen LogP contribution in [-0.2, 0) is 6.54 Å². The summed E-state index contributed by atoms with van der Waals surface area (Å²) < 4.78 is 1.16. The molecule has 0 saturated heterocycles. The second-order valence-corrected chi connectivity index (χ2v) is 5.96. The minimum absolute atomic E-state index is 0.733. The van der Waals surface area contributed by atoms with Gasteiger partial charge in [0, 0.05) is 21.7 Å². The van der Waals surface area contributed by atoms with Gasteiger partial charge in [-0.05, 0) is 30.7 Å². The Morgan fingerprint density at radius 1 is 1.40 bits per heavy atom. The van der Waals surface area contributed by atoms with Crippen molar-refractivity contribution in [3.63, 3.8) is 0 Å². The number of rotatable bonds is 5. The monoisotopic (exact) mass is 287 g/mol. The molecule has 84 valence electrons. The van der Waals surface area contributed by atoms with Crippen LogP contribution in [0.3, 0.4) is 0 Å². The molecule has 0 radical (unpaired) electrons. The van der Waals surface area contributed by atoms with Crippen LogP contribution in [0.4, 0.5) is 0 Å². The van der Waals surface area contributed by atoms with E-state index < -0.39 is 0 Å². The van der Waals surface area contributed by atoms with Crippen molar-refractivity contribution in [2.75, 3.05) is 12.8 Å². The first-order valence-electron chi connectivity index (χ1n) is 5.19. The highest BCUT2D eigenvalue weighted by Gasteiger charge is 2.04. The van der Waals surface area contributed by atoms with Crippen LogP contribution in [0.15, 0.2) is 27.6 Å². The second-order valence-electron chi connectivity index (χ2n) is 3.99. The van der Waals surface area contributed by atoms with Crippen molar-refractivity contribution in [3.8, 4) is 0 Å². The third-order valence-corrected chi connectivity index (χ3v) is 3.99. The summed E-state index contributed by atoms with van der Waals surface area (Å²) in [4.78, 5) is 1.38. The van der Waals surface area contributed by atoms with Crippen LogP contribution in [0.25, 0.3) is 0 Å². The molecule has 3 heteroatoms. The Morgan fingerprint density at radius 3 is 2.73 bits per heavy atom. The lowest BCUT2D eigenvalue weighted by molar-refractivity contribution is 0.749. The topological polar surface area (TPSA) is 12.0 Å². The van der Waals surface area contributed by atoms with Crippen LogP contribution >= 0.6 is 27.7 Å². The van der Waals surface area contributed by atoms with E-state index >= 15 is 0 Å². The molecule has 0 spiro atoms. The highest BCUT2D eigenvalue weighted by Crippen LogP contribution is 2.27. The maximum Gasteiger partial charge on any atom is 0.0213 e. The first-order chi connectivity index (χ1) is 7.13. The molecule has 0 amide bonds. The maximum atomic E-state index is 3.52. The molecular formula is C12H18BrNS. The van der Waals surface area contributed by atoms with Crippen molar-refractivity contribution in [3.05, 3.63) is 28.2 Å². The Labute approximate surface area is 105 Å². The molecule has 0 unspecified atom stereocenters. The average molecular weight is 288 g/mol. The minimum atomic E-state index is 0.733. The third kappa shape index (κ3) is 4.58. The van der Waals surface area contributed by atoms with E-state index in [-0.39, 0.29) is 0 Å². The number of hydrogen-bond acceptors (Lipinski definition) is 2. The van der Waals surface area contributed by atoms with Crippen LogP contribution in [-0.4, -0.2) is 12.8 Å². The van der Waals surface area contributed by atoms with E-state index in [1.807, 2.05) is 18.8 Å². The standard InChI is InChI=1S/C12H18BrNS/c1-9(2)8-15-12-6-11(13)5-4-10(12)7-14-3/h4-6,9,14H,7-8H2,1-3H3. The van der Waals surface area contributed by atoms with Crippen molar-refractivity contribution in [2.24, 2.45) is 5.92 Å². The summed E-state index contributed by atoms with van der Waals surface area (Å²) >= 11 is 5.46. The zero-order valence-electron chi connectivity index (χ0n) is 9.51. The van der Waals surface area contributed by atoms with E-state index in [4.69, 9.17) is 0 Å². The molecule has 0 fully saturated rings. The molecule has 0 bridgehead atoms. The molecule has 0 aliphatic heterocycles. The smallest absolute Gasteiger partial charge is 0.0213 e. The number of nitrogens with one attached hydrogen (secondary N) is 1. The van der Waals surface area contributed by atoms with Gasteiger partial charge in [0.15, 0.2) is 0 Å². The fourth-order valence-corrected chi connectivity index (χ4v) is 2.82. The highest BCUT2D eigenvalue weighted by atomic mass is 79.9. The number of halogens is 1. The lowest BCUT2D eigenvalue weighted by Gasteiger charge is -2.10. The predicted molar refractivity (Wildman–Crippen MR) is 72.5 cm³/mol. The van der Waals surface area contributed by atoms with Crippen molar-refractivity contribution in [2.45, 2.75) is 25.3 Å². The Bertz CT molecular complexity index is 312. The fraction of sp³-hybridized carbons (Fsp3) is 0.500. The summed E-state index contributed by atoms with van der Waals surface area (Å²) in [5, 5.41) is 3.20. The molecule has 15 heavy (non-hydrogen) atoms. The minimum Gasteiger partial charge on any atom is -0.316 e. The van der Waals surface area contributed by atoms with E-state index in [0.717, 1.165) is 16.9 Å². The van der Waals surface area contributed by atoms with E-state index in [1.54, 1.807) is 0 Å². The van der Waals surface area contributed by atoms with Crippen LogP contribution in [0, 0.1) is 5.92 Å². The van der Waals surface area contributed by atoms with E-state index in [9.17, 15) is 0 Å². The van der Waals surface area contributed by atoms with E-state index in [0.29, 0.717) is 0 Å². The number of thioether (sulfide) groups is 1. The first-order valence-corrected chi connectivity index (χ1v) is 6.97. The summed E-state index contributed by atoms with van der Waals surface area (Å²) in [6.07, 6.45) is 0.